The third-order valence-corrected chi connectivity index (χ3v) is 2.86. The summed E-state index contributed by atoms with van der Waals surface area (Å²) in [6.45, 7) is 3.47. The van der Waals surface area contributed by atoms with E-state index < -0.39 is 10.0 Å². The van der Waals surface area contributed by atoms with Crippen molar-refractivity contribution in [1.82, 2.24) is 9.71 Å². The average molecular weight is 204 g/mol. The number of hydrogen-bond donors (Lipinski definition) is 1. The van der Waals surface area contributed by atoms with Crippen molar-refractivity contribution in [3.63, 3.8) is 0 Å². The number of aromatic nitrogens is 1. The lowest BCUT2D eigenvalue weighted by molar-refractivity contribution is 0.520. The Kier molecular flexibility index (Phi) is 3.05. The lowest BCUT2D eigenvalue weighted by Gasteiger charge is -1.99. The molecule has 0 atom stereocenters. The molecule has 0 unspecified atom stereocenters. The number of rotatable bonds is 4. The zero-order valence-corrected chi connectivity index (χ0v) is 8.39. The van der Waals surface area contributed by atoms with Gasteiger partial charge in [0.25, 0.3) is 0 Å². The molecule has 0 aliphatic heterocycles. The van der Waals surface area contributed by atoms with Crippen molar-refractivity contribution >= 4 is 10.0 Å². The molecule has 0 radical (unpaired) electrons. The Morgan fingerprint density at radius 2 is 2.31 bits per heavy atom. The highest BCUT2D eigenvalue weighted by atomic mass is 32.2. The quantitative estimate of drug-likeness (QED) is 0.771. The molecule has 0 fully saturated rings. The van der Waals surface area contributed by atoms with Gasteiger partial charge in [0.2, 0.25) is 10.0 Å². The first-order valence-electron chi connectivity index (χ1n) is 3.92. The molecule has 1 N–H and O–H groups in total. The van der Waals surface area contributed by atoms with Crippen molar-refractivity contribution in [2.24, 2.45) is 0 Å². The Hall–Kier alpha value is -0.880. The van der Waals surface area contributed by atoms with Gasteiger partial charge in [-0.2, -0.15) is 0 Å². The largest absolute Gasteiger partial charge is 0.449 e. The topological polar surface area (TPSA) is 72.2 Å². The second-order valence-electron chi connectivity index (χ2n) is 2.58. The van der Waals surface area contributed by atoms with E-state index in [-0.39, 0.29) is 12.3 Å². The summed E-state index contributed by atoms with van der Waals surface area (Å²) in [5.41, 5.74) is 0.592. The number of nitrogens with zero attached hydrogens (tertiary/aromatic N) is 1. The Balaban J connectivity index is 2.53. The summed E-state index contributed by atoms with van der Waals surface area (Å²) in [6.07, 6.45) is 1.44. The summed E-state index contributed by atoms with van der Waals surface area (Å²) < 4.78 is 29.3. The van der Waals surface area contributed by atoms with Crippen LogP contribution in [0.4, 0.5) is 0 Å². The summed E-state index contributed by atoms with van der Waals surface area (Å²) in [7, 11) is -3.14. The molecule has 0 spiro atoms. The monoisotopic (exact) mass is 204 g/mol. The Bertz CT molecular complexity index is 369. The SMILES string of the molecule is CCS(=O)(=O)NCc1coc(C)n1. The van der Waals surface area contributed by atoms with Crippen molar-refractivity contribution in [2.45, 2.75) is 20.4 Å². The minimum absolute atomic E-state index is 0.0732. The molecule has 0 aromatic carbocycles. The van der Waals surface area contributed by atoms with Crippen molar-refractivity contribution in [1.29, 1.82) is 0 Å². The Labute approximate surface area is 77.2 Å². The van der Waals surface area contributed by atoms with E-state index in [1.54, 1.807) is 13.8 Å². The van der Waals surface area contributed by atoms with Gasteiger partial charge in [-0.15, -0.1) is 0 Å². The highest BCUT2D eigenvalue weighted by molar-refractivity contribution is 7.89. The van der Waals surface area contributed by atoms with Gasteiger partial charge in [0.1, 0.15) is 6.26 Å². The predicted molar refractivity (Wildman–Crippen MR) is 47.5 cm³/mol. The molecule has 1 heterocycles. The number of oxazole rings is 1. The minimum atomic E-state index is -3.14. The van der Waals surface area contributed by atoms with E-state index in [0.29, 0.717) is 11.6 Å². The zero-order chi connectivity index (χ0) is 9.90. The van der Waals surface area contributed by atoms with E-state index in [1.165, 1.54) is 6.26 Å². The molecule has 13 heavy (non-hydrogen) atoms. The smallest absolute Gasteiger partial charge is 0.211 e. The molecule has 0 aliphatic carbocycles. The van der Waals surface area contributed by atoms with Crippen molar-refractivity contribution in [3.05, 3.63) is 17.8 Å². The van der Waals surface area contributed by atoms with Gasteiger partial charge in [0, 0.05) is 6.92 Å². The van der Waals surface area contributed by atoms with E-state index in [0.717, 1.165) is 0 Å². The lowest BCUT2D eigenvalue weighted by atomic mass is 10.5. The van der Waals surface area contributed by atoms with E-state index in [9.17, 15) is 8.42 Å². The summed E-state index contributed by atoms with van der Waals surface area (Å²) >= 11 is 0. The molecule has 1 rings (SSSR count). The van der Waals surface area contributed by atoms with Crippen LogP contribution in [-0.4, -0.2) is 19.2 Å². The molecule has 0 bridgehead atoms. The predicted octanol–water partition coefficient (Wildman–Crippen LogP) is 0.422. The first kappa shape index (κ1) is 10.2. The van der Waals surface area contributed by atoms with Crippen LogP contribution in [0.5, 0.6) is 0 Å². The molecule has 0 aliphatic rings. The minimum Gasteiger partial charge on any atom is -0.449 e. The van der Waals surface area contributed by atoms with Crippen LogP contribution in [-0.2, 0) is 16.6 Å². The van der Waals surface area contributed by atoms with Crippen LogP contribution in [0.3, 0.4) is 0 Å². The number of nitrogens with one attached hydrogen (secondary N) is 1. The van der Waals surface area contributed by atoms with Gasteiger partial charge in [-0.3, -0.25) is 0 Å². The fraction of sp³-hybridized carbons (Fsp3) is 0.571. The normalized spacial score (nSPS) is 11.8. The first-order valence-corrected chi connectivity index (χ1v) is 5.57. The van der Waals surface area contributed by atoms with Crippen LogP contribution in [0.25, 0.3) is 0 Å². The van der Waals surface area contributed by atoms with E-state index in [4.69, 9.17) is 4.42 Å². The van der Waals surface area contributed by atoms with Gasteiger partial charge < -0.3 is 4.42 Å². The molecule has 0 saturated heterocycles. The van der Waals surface area contributed by atoms with Crippen LogP contribution >= 0.6 is 0 Å². The third kappa shape index (κ3) is 3.16. The summed E-state index contributed by atoms with van der Waals surface area (Å²) in [5, 5.41) is 0. The maximum Gasteiger partial charge on any atom is 0.211 e. The molecular formula is C7H12N2O3S. The van der Waals surface area contributed by atoms with Crippen molar-refractivity contribution in [3.8, 4) is 0 Å². The van der Waals surface area contributed by atoms with Crippen LogP contribution in [0.15, 0.2) is 10.7 Å². The fourth-order valence-corrected chi connectivity index (χ4v) is 1.35. The molecule has 6 heteroatoms. The van der Waals surface area contributed by atoms with Crippen molar-refractivity contribution in [2.75, 3.05) is 5.75 Å². The Morgan fingerprint density at radius 1 is 1.62 bits per heavy atom. The zero-order valence-electron chi connectivity index (χ0n) is 7.57. The number of sulfonamides is 1. The van der Waals surface area contributed by atoms with E-state index in [2.05, 4.69) is 9.71 Å². The number of hydrogen-bond acceptors (Lipinski definition) is 4. The van der Waals surface area contributed by atoms with Gasteiger partial charge in [0.05, 0.1) is 18.0 Å². The fourth-order valence-electron chi connectivity index (χ4n) is 0.775. The van der Waals surface area contributed by atoms with Crippen molar-refractivity contribution < 1.29 is 12.8 Å². The maximum absolute atomic E-state index is 11.0. The third-order valence-electron chi connectivity index (χ3n) is 1.52. The van der Waals surface area contributed by atoms with E-state index >= 15 is 0 Å². The molecule has 1 aromatic rings. The summed E-state index contributed by atoms with van der Waals surface area (Å²) in [6, 6.07) is 0. The molecule has 1 aromatic heterocycles. The summed E-state index contributed by atoms with van der Waals surface area (Å²) in [5.74, 6) is 0.606. The van der Waals surface area contributed by atoms with Crippen LogP contribution in [0, 0.1) is 6.92 Å². The second kappa shape index (κ2) is 3.89. The molecule has 0 saturated carbocycles. The molecule has 74 valence electrons. The highest BCUT2D eigenvalue weighted by Gasteiger charge is 2.07. The Morgan fingerprint density at radius 3 is 2.77 bits per heavy atom. The number of aryl methyl sites for hydroxylation is 1. The standard InChI is InChI=1S/C7H12N2O3S/c1-3-13(10,11)8-4-7-5-12-6(2)9-7/h5,8H,3-4H2,1-2H3. The maximum atomic E-state index is 11.0. The molecular weight excluding hydrogens is 192 g/mol. The van der Waals surface area contributed by atoms with Crippen LogP contribution in [0.1, 0.15) is 18.5 Å². The van der Waals surface area contributed by atoms with Gasteiger partial charge >= 0.3 is 0 Å². The highest BCUT2D eigenvalue weighted by Crippen LogP contribution is 2.00. The lowest BCUT2D eigenvalue weighted by Crippen LogP contribution is -2.24. The molecule has 0 amide bonds. The van der Waals surface area contributed by atoms with E-state index in [1.807, 2.05) is 0 Å². The second-order valence-corrected chi connectivity index (χ2v) is 4.68. The average Bonchev–Trinajstić information content (AvgIpc) is 2.48. The van der Waals surface area contributed by atoms with Gasteiger partial charge in [-0.25, -0.2) is 18.1 Å². The van der Waals surface area contributed by atoms with Gasteiger partial charge in [-0.1, -0.05) is 0 Å². The van der Waals surface area contributed by atoms with Gasteiger partial charge in [-0.05, 0) is 6.92 Å². The van der Waals surface area contributed by atoms with Crippen LogP contribution in [0.2, 0.25) is 0 Å². The molecule has 5 nitrogen and oxygen atoms in total. The summed E-state index contributed by atoms with van der Waals surface area (Å²) in [4.78, 5) is 3.95. The van der Waals surface area contributed by atoms with Crippen LogP contribution < -0.4 is 4.72 Å². The first-order chi connectivity index (χ1) is 6.03. The van der Waals surface area contributed by atoms with Gasteiger partial charge in [0.15, 0.2) is 5.89 Å².